The lowest BCUT2D eigenvalue weighted by Crippen LogP contribution is -2.34. The minimum absolute atomic E-state index is 0.332. The normalized spacial score (nSPS) is 15.3. The minimum Gasteiger partial charge on any atom is -0.468 e. The van der Waals surface area contributed by atoms with Crippen LogP contribution in [0.4, 0.5) is 0 Å². The van der Waals surface area contributed by atoms with E-state index in [1.807, 2.05) is 0 Å². The summed E-state index contributed by atoms with van der Waals surface area (Å²) in [5.41, 5.74) is 0. The molecule has 1 aromatic rings. The topological polar surface area (TPSA) is 73.9 Å². The minimum atomic E-state index is -3.82. The Bertz CT molecular complexity index is 585. The first kappa shape index (κ1) is 18.0. The summed E-state index contributed by atoms with van der Waals surface area (Å²) in [6.45, 7) is 6.64. The summed E-state index contributed by atoms with van der Waals surface area (Å²) in [6, 6.07) is 7.66. The molecular formula is C15H20NO5P. The van der Waals surface area contributed by atoms with E-state index in [9.17, 15) is 9.36 Å². The Kier molecular flexibility index (Phi) is 6.89. The van der Waals surface area contributed by atoms with Gasteiger partial charge in [-0.15, -0.1) is 0 Å². The lowest BCUT2D eigenvalue weighted by molar-refractivity contribution is -0.142. The van der Waals surface area contributed by atoms with Gasteiger partial charge in [0.05, 0.1) is 7.11 Å². The highest BCUT2D eigenvalue weighted by atomic mass is 31.2. The summed E-state index contributed by atoms with van der Waals surface area (Å²) in [6.07, 6.45) is 3.03. The second-order valence-electron chi connectivity index (χ2n) is 4.38. The number of hydrogen-bond donors (Lipinski definition) is 1. The van der Waals surface area contributed by atoms with Gasteiger partial charge in [0, 0.05) is 0 Å². The number of esters is 1. The van der Waals surface area contributed by atoms with Gasteiger partial charge in [-0.1, -0.05) is 30.9 Å². The third kappa shape index (κ3) is 5.76. The van der Waals surface area contributed by atoms with Crippen LogP contribution in [-0.2, 0) is 18.6 Å². The first-order chi connectivity index (χ1) is 10.4. The molecule has 1 N–H and O–H groups in total. The molecule has 0 aliphatic heterocycles. The second kappa shape index (κ2) is 8.41. The van der Waals surface area contributed by atoms with Crippen molar-refractivity contribution in [3.05, 3.63) is 54.8 Å². The van der Waals surface area contributed by atoms with Crippen LogP contribution in [0.2, 0.25) is 0 Å². The largest absolute Gasteiger partial charge is 0.513 e. The molecule has 1 rings (SSSR count). The summed E-state index contributed by atoms with van der Waals surface area (Å²) < 4.78 is 28.2. The number of rotatable bonds is 8. The fourth-order valence-corrected chi connectivity index (χ4v) is 3.11. The highest BCUT2D eigenvalue weighted by molar-refractivity contribution is 7.52. The number of carbonyl (C=O) groups is 1. The van der Waals surface area contributed by atoms with Crippen LogP contribution in [0.15, 0.2) is 54.8 Å². The van der Waals surface area contributed by atoms with Gasteiger partial charge in [-0.05, 0) is 32.1 Å². The molecule has 0 saturated carbocycles. The standard InChI is InChI=1S/C15H20NO5P/c1-5-9-12(2)20-22(18,16-13(3)15(17)19-4)21-14-10-7-6-8-11-14/h5-11,13H,1H2,2-4H3,(H,16,18). The SMILES string of the molecule is C=CC=C(C)OP(=O)(NC(C)C(=O)OC)Oc1ccccc1. The van der Waals surface area contributed by atoms with E-state index in [2.05, 4.69) is 16.4 Å². The van der Waals surface area contributed by atoms with Crippen LogP contribution in [0.25, 0.3) is 0 Å². The van der Waals surface area contributed by atoms with Crippen molar-refractivity contribution < 1.29 is 23.1 Å². The number of ether oxygens (including phenoxy) is 1. The smallest absolute Gasteiger partial charge is 0.468 e. The van der Waals surface area contributed by atoms with Gasteiger partial charge in [-0.3, -0.25) is 4.79 Å². The molecule has 0 amide bonds. The van der Waals surface area contributed by atoms with E-state index in [1.54, 1.807) is 37.3 Å². The quantitative estimate of drug-likeness (QED) is 0.342. The van der Waals surface area contributed by atoms with Gasteiger partial charge < -0.3 is 13.8 Å². The molecule has 0 saturated heterocycles. The second-order valence-corrected chi connectivity index (χ2v) is 6.00. The summed E-state index contributed by atoms with van der Waals surface area (Å²) >= 11 is 0. The van der Waals surface area contributed by atoms with E-state index >= 15 is 0 Å². The van der Waals surface area contributed by atoms with Crippen LogP contribution in [-0.4, -0.2) is 19.1 Å². The third-order valence-corrected chi connectivity index (χ3v) is 4.18. The number of allylic oxidation sites excluding steroid dienone is 3. The van der Waals surface area contributed by atoms with Gasteiger partial charge in [0.25, 0.3) is 0 Å². The first-order valence-corrected chi connectivity index (χ1v) is 8.13. The fourth-order valence-electron chi connectivity index (χ4n) is 1.54. The lowest BCUT2D eigenvalue weighted by atomic mass is 10.3. The lowest BCUT2D eigenvalue weighted by Gasteiger charge is -2.22. The van der Waals surface area contributed by atoms with E-state index in [0.717, 1.165) is 0 Å². The molecule has 0 heterocycles. The van der Waals surface area contributed by atoms with E-state index in [1.165, 1.54) is 26.2 Å². The Morgan fingerprint density at radius 2 is 2.00 bits per heavy atom. The van der Waals surface area contributed by atoms with E-state index in [0.29, 0.717) is 11.5 Å². The highest BCUT2D eigenvalue weighted by Gasteiger charge is 2.33. The molecule has 2 unspecified atom stereocenters. The average Bonchev–Trinajstić information content (AvgIpc) is 2.46. The van der Waals surface area contributed by atoms with Gasteiger partial charge in [-0.25, -0.2) is 4.57 Å². The Balaban J connectivity index is 2.98. The van der Waals surface area contributed by atoms with Crippen molar-refractivity contribution >= 4 is 13.7 Å². The zero-order valence-electron chi connectivity index (χ0n) is 12.8. The predicted octanol–water partition coefficient (Wildman–Crippen LogP) is 3.43. The molecule has 0 fully saturated rings. The maximum atomic E-state index is 12.9. The molecule has 120 valence electrons. The maximum absolute atomic E-state index is 12.9. The van der Waals surface area contributed by atoms with Gasteiger partial charge in [0.2, 0.25) is 0 Å². The van der Waals surface area contributed by atoms with Crippen molar-refractivity contribution in [2.45, 2.75) is 19.9 Å². The van der Waals surface area contributed by atoms with Crippen LogP contribution in [0.3, 0.4) is 0 Å². The van der Waals surface area contributed by atoms with Crippen LogP contribution >= 0.6 is 7.75 Å². The molecule has 1 aromatic carbocycles. The maximum Gasteiger partial charge on any atom is 0.513 e. The van der Waals surface area contributed by atoms with Crippen molar-refractivity contribution in [2.75, 3.05) is 7.11 Å². The number of nitrogens with one attached hydrogen (secondary N) is 1. The third-order valence-electron chi connectivity index (χ3n) is 2.49. The van der Waals surface area contributed by atoms with Crippen LogP contribution < -0.4 is 9.61 Å². The Hall–Kier alpha value is -2.04. The van der Waals surface area contributed by atoms with Crippen molar-refractivity contribution in [1.29, 1.82) is 0 Å². The molecular weight excluding hydrogens is 305 g/mol. The molecule has 0 aliphatic carbocycles. The molecule has 0 aliphatic rings. The summed E-state index contributed by atoms with van der Waals surface area (Å²) in [7, 11) is -2.57. The number of methoxy groups -OCH3 is 1. The van der Waals surface area contributed by atoms with Crippen LogP contribution in [0, 0.1) is 0 Å². The molecule has 2 atom stereocenters. The van der Waals surface area contributed by atoms with E-state index in [4.69, 9.17) is 9.05 Å². The first-order valence-electron chi connectivity index (χ1n) is 6.59. The number of para-hydroxylation sites is 1. The molecule has 0 bridgehead atoms. The number of hydrogen-bond acceptors (Lipinski definition) is 5. The molecule has 0 spiro atoms. The monoisotopic (exact) mass is 325 g/mol. The summed E-state index contributed by atoms with van der Waals surface area (Å²) in [5.74, 6) is 0.103. The molecule has 0 radical (unpaired) electrons. The zero-order chi connectivity index (χ0) is 16.6. The van der Waals surface area contributed by atoms with Gasteiger partial charge >= 0.3 is 13.7 Å². The average molecular weight is 325 g/mol. The van der Waals surface area contributed by atoms with Crippen molar-refractivity contribution in [3.8, 4) is 5.75 Å². The fraction of sp³-hybridized carbons (Fsp3) is 0.267. The van der Waals surface area contributed by atoms with Gasteiger partial charge in [-0.2, -0.15) is 5.09 Å². The Morgan fingerprint density at radius 3 is 2.55 bits per heavy atom. The molecule has 6 nitrogen and oxygen atoms in total. The zero-order valence-corrected chi connectivity index (χ0v) is 13.7. The molecule has 0 aromatic heterocycles. The predicted molar refractivity (Wildman–Crippen MR) is 84.3 cm³/mol. The van der Waals surface area contributed by atoms with Crippen molar-refractivity contribution in [3.63, 3.8) is 0 Å². The molecule has 22 heavy (non-hydrogen) atoms. The van der Waals surface area contributed by atoms with Crippen molar-refractivity contribution in [1.82, 2.24) is 5.09 Å². The van der Waals surface area contributed by atoms with Gasteiger partial charge in [0.1, 0.15) is 17.6 Å². The highest BCUT2D eigenvalue weighted by Crippen LogP contribution is 2.46. The molecule has 7 heteroatoms. The van der Waals surface area contributed by atoms with E-state index in [-0.39, 0.29) is 0 Å². The van der Waals surface area contributed by atoms with E-state index < -0.39 is 19.8 Å². The number of carbonyl (C=O) groups excluding carboxylic acids is 1. The Labute approximate surface area is 130 Å². The summed E-state index contributed by atoms with van der Waals surface area (Å²) in [5, 5.41) is 2.54. The van der Waals surface area contributed by atoms with Crippen molar-refractivity contribution in [2.24, 2.45) is 0 Å². The van der Waals surface area contributed by atoms with Crippen LogP contribution in [0.5, 0.6) is 5.75 Å². The van der Waals surface area contributed by atoms with Crippen LogP contribution in [0.1, 0.15) is 13.8 Å². The number of benzene rings is 1. The van der Waals surface area contributed by atoms with Gasteiger partial charge in [0.15, 0.2) is 0 Å². The summed E-state index contributed by atoms with van der Waals surface area (Å²) in [4.78, 5) is 11.5. The Morgan fingerprint density at radius 1 is 1.36 bits per heavy atom.